The fourth-order valence-corrected chi connectivity index (χ4v) is 3.36. The number of halogens is 1. The van der Waals surface area contributed by atoms with Crippen molar-refractivity contribution in [1.29, 1.82) is 0 Å². The van der Waals surface area contributed by atoms with Crippen LogP contribution in [0.25, 0.3) is 0 Å². The lowest BCUT2D eigenvalue weighted by molar-refractivity contribution is 0.0661. The largest absolute Gasteiger partial charge is 0.338 e. The second-order valence-corrected chi connectivity index (χ2v) is 6.94. The van der Waals surface area contributed by atoms with E-state index in [1.54, 1.807) is 11.3 Å². The van der Waals surface area contributed by atoms with Crippen LogP contribution in [0.1, 0.15) is 30.1 Å². The molecule has 5 heteroatoms. The van der Waals surface area contributed by atoms with Crippen molar-refractivity contribution in [2.75, 3.05) is 13.1 Å². The molecule has 0 aromatic carbocycles. The number of carbonyl (C=O) groups excluding carboxylic acids is 1. The van der Waals surface area contributed by atoms with Gasteiger partial charge in [-0.25, -0.2) is 0 Å². The van der Waals surface area contributed by atoms with E-state index in [0.717, 1.165) is 35.3 Å². The molecule has 1 aromatic heterocycles. The second kappa shape index (κ2) is 5.50. The zero-order chi connectivity index (χ0) is 12.4. The van der Waals surface area contributed by atoms with Crippen molar-refractivity contribution >= 4 is 33.2 Å². The summed E-state index contributed by atoms with van der Waals surface area (Å²) in [5.41, 5.74) is 6.71. The Hall–Kier alpha value is -0.390. The second-order valence-electron chi connectivity index (χ2n) is 4.65. The molecule has 2 N–H and O–H groups in total. The molecule has 1 saturated heterocycles. The summed E-state index contributed by atoms with van der Waals surface area (Å²) in [5.74, 6) is 0.576. The van der Waals surface area contributed by atoms with E-state index >= 15 is 0 Å². The molecule has 17 heavy (non-hydrogen) atoms. The summed E-state index contributed by atoms with van der Waals surface area (Å²) in [5, 5.41) is 1.90. The van der Waals surface area contributed by atoms with Gasteiger partial charge in [-0.3, -0.25) is 4.79 Å². The van der Waals surface area contributed by atoms with E-state index in [4.69, 9.17) is 5.73 Å². The third-order valence-electron chi connectivity index (χ3n) is 3.30. The van der Waals surface area contributed by atoms with Gasteiger partial charge in [0.1, 0.15) is 0 Å². The Morgan fingerprint density at radius 2 is 2.47 bits per heavy atom. The summed E-state index contributed by atoms with van der Waals surface area (Å²) >= 11 is 4.94. The fraction of sp³-hybridized carbons (Fsp3) is 0.583. The minimum absolute atomic E-state index is 0.136. The molecule has 0 saturated carbocycles. The minimum Gasteiger partial charge on any atom is -0.338 e. The molecule has 3 nitrogen and oxygen atoms in total. The molecule has 0 bridgehead atoms. The first-order chi connectivity index (χ1) is 8.08. The number of hydrogen-bond acceptors (Lipinski definition) is 3. The molecule has 2 heterocycles. The van der Waals surface area contributed by atoms with Crippen LogP contribution in [0.4, 0.5) is 0 Å². The Balaban J connectivity index is 2.04. The maximum absolute atomic E-state index is 12.3. The first-order valence-electron chi connectivity index (χ1n) is 5.87. The third-order valence-corrected chi connectivity index (χ3v) is 4.81. The van der Waals surface area contributed by atoms with E-state index in [-0.39, 0.29) is 11.9 Å². The first-order valence-corrected chi connectivity index (χ1v) is 7.54. The van der Waals surface area contributed by atoms with Gasteiger partial charge in [-0.2, -0.15) is 0 Å². The van der Waals surface area contributed by atoms with Crippen LogP contribution in [0.2, 0.25) is 0 Å². The first kappa shape index (κ1) is 13.1. The van der Waals surface area contributed by atoms with Gasteiger partial charge in [0.05, 0.1) is 9.35 Å². The zero-order valence-electron chi connectivity index (χ0n) is 9.86. The lowest BCUT2D eigenvalue weighted by Gasteiger charge is -2.34. The fourth-order valence-electron chi connectivity index (χ4n) is 2.23. The summed E-state index contributed by atoms with van der Waals surface area (Å²) in [6.45, 7) is 3.68. The number of thiophene rings is 1. The average Bonchev–Trinajstić information content (AvgIpc) is 2.75. The number of hydrogen-bond donors (Lipinski definition) is 1. The third kappa shape index (κ3) is 3.09. The Kier molecular flexibility index (Phi) is 4.22. The van der Waals surface area contributed by atoms with Crippen molar-refractivity contribution in [3.8, 4) is 0 Å². The summed E-state index contributed by atoms with van der Waals surface area (Å²) < 4.78 is 1.00. The van der Waals surface area contributed by atoms with Crippen LogP contribution < -0.4 is 5.73 Å². The van der Waals surface area contributed by atoms with Crippen LogP contribution in [0, 0.1) is 5.92 Å². The Bertz CT molecular complexity index is 405. The molecule has 1 aliphatic rings. The maximum Gasteiger partial charge on any atom is 0.254 e. The van der Waals surface area contributed by atoms with Crippen molar-refractivity contribution in [3.05, 3.63) is 20.8 Å². The highest BCUT2D eigenvalue weighted by Gasteiger charge is 2.26. The van der Waals surface area contributed by atoms with Gasteiger partial charge in [-0.05, 0) is 47.7 Å². The number of nitrogens with zero attached hydrogens (tertiary/aromatic N) is 1. The predicted octanol–water partition coefficient (Wildman–Crippen LogP) is 2.71. The highest BCUT2D eigenvalue weighted by molar-refractivity contribution is 9.11. The number of nitrogens with two attached hydrogens (primary N) is 1. The molecule has 0 radical (unpaired) electrons. The molecular formula is C12H17BrN2OS. The van der Waals surface area contributed by atoms with E-state index in [1.807, 2.05) is 23.3 Å². The smallest absolute Gasteiger partial charge is 0.254 e. The maximum atomic E-state index is 12.3. The van der Waals surface area contributed by atoms with Gasteiger partial charge in [-0.1, -0.05) is 0 Å². The van der Waals surface area contributed by atoms with Gasteiger partial charge in [-0.15, -0.1) is 11.3 Å². The van der Waals surface area contributed by atoms with Gasteiger partial charge >= 0.3 is 0 Å². The van der Waals surface area contributed by atoms with Gasteiger partial charge in [0.15, 0.2) is 0 Å². The quantitative estimate of drug-likeness (QED) is 0.911. The summed E-state index contributed by atoms with van der Waals surface area (Å²) in [6, 6.07) is 2.06. The predicted molar refractivity (Wildman–Crippen MR) is 74.3 cm³/mol. The summed E-state index contributed by atoms with van der Waals surface area (Å²) in [4.78, 5) is 14.2. The standard InChI is InChI=1S/C12H17BrN2OS/c1-8(14)9-3-2-4-15(6-9)12(16)10-5-11(13)17-7-10/h5,7-9H,2-4,6,14H2,1H3/t8-,9-/m0/s1. The van der Waals surface area contributed by atoms with E-state index in [9.17, 15) is 4.79 Å². The SMILES string of the molecule is C[C@H](N)[C@H]1CCCN(C(=O)c2csc(Br)c2)C1. The van der Waals surface area contributed by atoms with E-state index < -0.39 is 0 Å². The van der Waals surface area contributed by atoms with Crippen LogP contribution in [0.15, 0.2) is 15.2 Å². The van der Waals surface area contributed by atoms with Crippen LogP contribution in [-0.2, 0) is 0 Å². The van der Waals surface area contributed by atoms with Crippen molar-refractivity contribution in [1.82, 2.24) is 4.90 Å². The molecule has 0 aliphatic carbocycles. The Morgan fingerprint density at radius 3 is 3.06 bits per heavy atom. The van der Waals surface area contributed by atoms with Crippen molar-refractivity contribution in [3.63, 3.8) is 0 Å². The van der Waals surface area contributed by atoms with Gasteiger partial charge < -0.3 is 10.6 Å². The molecule has 2 atom stereocenters. The van der Waals surface area contributed by atoms with Gasteiger partial charge in [0.25, 0.3) is 5.91 Å². The molecule has 0 spiro atoms. The number of piperidine rings is 1. The van der Waals surface area contributed by atoms with E-state index in [2.05, 4.69) is 15.9 Å². The lowest BCUT2D eigenvalue weighted by Crippen LogP contribution is -2.44. The number of carbonyl (C=O) groups is 1. The molecule has 1 fully saturated rings. The molecule has 1 aliphatic heterocycles. The molecule has 94 valence electrons. The summed E-state index contributed by atoms with van der Waals surface area (Å²) in [6.07, 6.45) is 2.19. The lowest BCUT2D eigenvalue weighted by atomic mass is 9.92. The van der Waals surface area contributed by atoms with Crippen LogP contribution >= 0.6 is 27.3 Å². The summed E-state index contributed by atoms with van der Waals surface area (Å²) in [7, 11) is 0. The highest BCUT2D eigenvalue weighted by atomic mass is 79.9. The van der Waals surface area contributed by atoms with Crippen LogP contribution in [0.3, 0.4) is 0 Å². The Morgan fingerprint density at radius 1 is 1.71 bits per heavy atom. The van der Waals surface area contributed by atoms with Gasteiger partial charge in [0.2, 0.25) is 0 Å². The number of rotatable bonds is 2. The molecule has 0 unspecified atom stereocenters. The van der Waals surface area contributed by atoms with Crippen molar-refractivity contribution in [2.24, 2.45) is 11.7 Å². The molecule has 1 aromatic rings. The molecule has 1 amide bonds. The number of amides is 1. The minimum atomic E-state index is 0.136. The van der Waals surface area contributed by atoms with Gasteiger partial charge in [0, 0.05) is 24.5 Å². The van der Waals surface area contributed by atoms with E-state index in [1.165, 1.54) is 0 Å². The van der Waals surface area contributed by atoms with Crippen LogP contribution in [-0.4, -0.2) is 29.9 Å². The molecule has 2 rings (SSSR count). The van der Waals surface area contributed by atoms with Crippen molar-refractivity contribution in [2.45, 2.75) is 25.8 Å². The highest BCUT2D eigenvalue weighted by Crippen LogP contribution is 2.24. The van der Waals surface area contributed by atoms with Crippen LogP contribution in [0.5, 0.6) is 0 Å². The van der Waals surface area contributed by atoms with E-state index in [0.29, 0.717) is 5.92 Å². The average molecular weight is 317 g/mol. The normalized spacial score (nSPS) is 22.5. The van der Waals surface area contributed by atoms with Crippen molar-refractivity contribution < 1.29 is 4.79 Å². The monoisotopic (exact) mass is 316 g/mol. The topological polar surface area (TPSA) is 46.3 Å². The number of likely N-dealkylation sites (tertiary alicyclic amines) is 1. The zero-order valence-corrected chi connectivity index (χ0v) is 12.3. The molecular weight excluding hydrogens is 300 g/mol. The Labute approximate surface area is 114 Å².